The molecule has 0 atom stereocenters. The second-order valence-corrected chi connectivity index (χ2v) is 15.6. The maximum Gasteiger partial charge on any atom is 0.271 e. The van der Waals surface area contributed by atoms with Gasteiger partial charge in [0.25, 0.3) is 5.91 Å². The van der Waals surface area contributed by atoms with E-state index in [0.29, 0.717) is 39.9 Å². The summed E-state index contributed by atoms with van der Waals surface area (Å²) in [7, 11) is 2.25. The van der Waals surface area contributed by atoms with Gasteiger partial charge >= 0.3 is 0 Å². The van der Waals surface area contributed by atoms with Crippen LogP contribution in [0.1, 0.15) is 67.4 Å². The highest BCUT2D eigenvalue weighted by Crippen LogP contribution is 2.50. The molecule has 260 valence electrons. The number of primary amides is 1. The molecular weight excluding hydrogens is 614 g/mol. The van der Waals surface area contributed by atoms with Gasteiger partial charge < -0.3 is 35.8 Å². The molecular formula is C38H51N9O2. The minimum Gasteiger partial charge on any atom is -0.381 e. The van der Waals surface area contributed by atoms with Gasteiger partial charge in [-0.05, 0) is 125 Å². The Morgan fingerprint density at radius 1 is 0.898 bits per heavy atom. The van der Waals surface area contributed by atoms with Crippen LogP contribution < -0.4 is 21.3 Å². The van der Waals surface area contributed by atoms with Crippen molar-refractivity contribution in [2.45, 2.75) is 70.4 Å². The monoisotopic (exact) mass is 665 g/mol. The molecule has 1 amide bonds. The number of nitrogens with one attached hydrogen (secondary N) is 2. The molecule has 3 aromatic rings. The number of amides is 1. The Morgan fingerprint density at radius 3 is 2.27 bits per heavy atom. The summed E-state index contributed by atoms with van der Waals surface area (Å²) >= 11 is 0. The summed E-state index contributed by atoms with van der Waals surface area (Å²) in [6.45, 7) is 10.9. The summed E-state index contributed by atoms with van der Waals surface area (Å²) in [4.78, 5) is 34.9. The summed E-state index contributed by atoms with van der Waals surface area (Å²) < 4.78 is 5.63. The first-order valence-electron chi connectivity index (χ1n) is 18.3. The first-order valence-corrected chi connectivity index (χ1v) is 18.3. The Balaban J connectivity index is 0.954. The number of likely N-dealkylation sites (tertiary alicyclic amines) is 2. The molecule has 11 heteroatoms. The van der Waals surface area contributed by atoms with Gasteiger partial charge in [-0.15, -0.1) is 0 Å². The molecule has 0 bridgehead atoms. The van der Waals surface area contributed by atoms with Gasteiger partial charge in [-0.1, -0.05) is 6.07 Å². The number of anilines is 4. The molecule has 11 nitrogen and oxygen atoms in total. The molecule has 4 saturated heterocycles. The number of hydrogen-bond acceptors (Lipinski definition) is 10. The highest BCUT2D eigenvalue weighted by Gasteiger charge is 2.46. The molecule has 5 fully saturated rings. The Labute approximate surface area is 290 Å². The van der Waals surface area contributed by atoms with Crippen molar-refractivity contribution in [3.63, 3.8) is 0 Å². The predicted octanol–water partition coefficient (Wildman–Crippen LogP) is 5.06. The van der Waals surface area contributed by atoms with E-state index in [1.54, 1.807) is 6.20 Å². The Kier molecular flexibility index (Phi) is 8.70. The van der Waals surface area contributed by atoms with Gasteiger partial charge in [-0.25, -0.2) is 9.97 Å². The van der Waals surface area contributed by atoms with Gasteiger partial charge in [-0.2, -0.15) is 0 Å². The van der Waals surface area contributed by atoms with Gasteiger partial charge in [0.15, 0.2) is 17.3 Å². The first-order chi connectivity index (χ1) is 23.8. The van der Waals surface area contributed by atoms with Gasteiger partial charge in [0, 0.05) is 69.0 Å². The van der Waals surface area contributed by atoms with Crippen molar-refractivity contribution < 1.29 is 9.53 Å². The second kappa shape index (κ2) is 13.2. The lowest BCUT2D eigenvalue weighted by Gasteiger charge is -2.54. The Hall–Kier alpha value is -3.80. The number of pyridine rings is 1. The summed E-state index contributed by atoms with van der Waals surface area (Å²) in [5, 5.41) is 7.04. The third-order valence-corrected chi connectivity index (χ3v) is 12.2. The van der Waals surface area contributed by atoms with Crippen LogP contribution in [0, 0.1) is 17.8 Å². The van der Waals surface area contributed by atoms with E-state index in [1.807, 2.05) is 19.1 Å². The van der Waals surface area contributed by atoms with Crippen LogP contribution in [0.3, 0.4) is 0 Å². The summed E-state index contributed by atoms with van der Waals surface area (Å²) in [6.07, 6.45) is 11.2. The van der Waals surface area contributed by atoms with Crippen LogP contribution in [0.5, 0.6) is 0 Å². The maximum atomic E-state index is 12.8. The molecule has 2 aromatic heterocycles. The molecule has 6 heterocycles. The molecule has 5 aliphatic rings. The second-order valence-electron chi connectivity index (χ2n) is 15.6. The zero-order chi connectivity index (χ0) is 33.6. The Bertz CT molecular complexity index is 1640. The number of piperidine rings is 2. The van der Waals surface area contributed by atoms with Crippen molar-refractivity contribution in [2.24, 2.45) is 16.6 Å². The number of rotatable bonds is 8. The normalized spacial score (nSPS) is 22.9. The SMILES string of the molecule is Cc1cccnc1-c1nc(C(N)=O)c(Nc2ccc(N3CCC(N4CCC5(CC4)CN(C)C5)CC3)cc2)nc1NC1CC2(CCOCC2)C1. The number of carbonyl (C=O) groups excluding carboxylic acids is 1. The van der Waals surface area contributed by atoms with Crippen molar-refractivity contribution >= 4 is 28.9 Å². The van der Waals surface area contributed by atoms with Crippen molar-refractivity contribution in [3.05, 3.63) is 53.9 Å². The number of hydrogen-bond donors (Lipinski definition) is 3. The highest BCUT2D eigenvalue weighted by atomic mass is 16.5. The average molecular weight is 666 g/mol. The lowest BCUT2D eigenvalue weighted by atomic mass is 9.61. The fraction of sp³-hybridized carbons (Fsp3) is 0.579. The Morgan fingerprint density at radius 2 is 1.61 bits per heavy atom. The van der Waals surface area contributed by atoms with Crippen LogP contribution in [-0.2, 0) is 4.74 Å². The lowest BCUT2D eigenvalue weighted by molar-refractivity contribution is -0.0419. The van der Waals surface area contributed by atoms with Gasteiger partial charge in [0.1, 0.15) is 5.69 Å². The zero-order valence-corrected chi connectivity index (χ0v) is 29.1. The van der Waals surface area contributed by atoms with Crippen LogP contribution >= 0.6 is 0 Å². The fourth-order valence-electron chi connectivity index (χ4n) is 9.35. The minimum atomic E-state index is -0.635. The molecule has 1 aliphatic carbocycles. The minimum absolute atomic E-state index is 0.0965. The largest absolute Gasteiger partial charge is 0.381 e. The van der Waals surface area contributed by atoms with E-state index in [1.165, 1.54) is 57.5 Å². The van der Waals surface area contributed by atoms with E-state index in [4.69, 9.17) is 20.4 Å². The number of nitrogens with two attached hydrogens (primary N) is 1. The number of aryl methyl sites for hydroxylation is 1. The molecule has 0 unspecified atom stereocenters. The summed E-state index contributed by atoms with van der Waals surface area (Å²) in [5.74, 6) is 0.326. The molecule has 1 aromatic carbocycles. The van der Waals surface area contributed by atoms with E-state index in [0.717, 1.165) is 63.2 Å². The average Bonchev–Trinajstić information content (AvgIpc) is 3.09. The van der Waals surface area contributed by atoms with Gasteiger partial charge in [0.05, 0.1) is 5.69 Å². The predicted molar refractivity (Wildman–Crippen MR) is 193 cm³/mol. The molecule has 4 aliphatic heterocycles. The lowest BCUT2D eigenvalue weighted by Crippen LogP contribution is -2.60. The molecule has 2 spiro atoms. The summed E-state index contributed by atoms with van der Waals surface area (Å²) in [6, 6.07) is 13.3. The van der Waals surface area contributed by atoms with Crippen molar-refractivity contribution in [1.29, 1.82) is 0 Å². The van der Waals surface area contributed by atoms with Crippen molar-refractivity contribution in [1.82, 2.24) is 24.8 Å². The smallest absolute Gasteiger partial charge is 0.271 e. The molecule has 8 rings (SSSR count). The molecule has 0 radical (unpaired) electrons. The maximum absolute atomic E-state index is 12.8. The van der Waals surface area contributed by atoms with E-state index in [9.17, 15) is 4.79 Å². The van der Waals surface area contributed by atoms with Gasteiger partial charge in [0.2, 0.25) is 0 Å². The summed E-state index contributed by atoms with van der Waals surface area (Å²) in [5.41, 5.74) is 11.2. The third kappa shape index (κ3) is 6.60. The quantitative estimate of drug-likeness (QED) is 0.301. The van der Waals surface area contributed by atoms with E-state index in [-0.39, 0.29) is 11.7 Å². The van der Waals surface area contributed by atoms with Crippen LogP contribution in [0.4, 0.5) is 23.0 Å². The number of benzene rings is 1. The van der Waals surface area contributed by atoms with Crippen molar-refractivity contribution in [3.8, 4) is 11.4 Å². The van der Waals surface area contributed by atoms with E-state index >= 15 is 0 Å². The van der Waals surface area contributed by atoms with Crippen molar-refractivity contribution in [2.75, 3.05) is 75.1 Å². The third-order valence-electron chi connectivity index (χ3n) is 12.2. The van der Waals surface area contributed by atoms with Gasteiger partial charge in [-0.3, -0.25) is 9.78 Å². The van der Waals surface area contributed by atoms with E-state index < -0.39 is 5.91 Å². The van der Waals surface area contributed by atoms with Crippen LogP contribution in [0.15, 0.2) is 42.6 Å². The van der Waals surface area contributed by atoms with Crippen LogP contribution in [0.2, 0.25) is 0 Å². The van der Waals surface area contributed by atoms with Crippen LogP contribution in [-0.4, -0.2) is 102 Å². The first kappa shape index (κ1) is 32.4. The zero-order valence-electron chi connectivity index (χ0n) is 29.1. The molecule has 1 saturated carbocycles. The topological polar surface area (TPSA) is 125 Å². The number of carbonyl (C=O) groups is 1. The number of ether oxygens (including phenoxy) is 1. The number of aromatic nitrogens is 3. The molecule has 4 N–H and O–H groups in total. The standard InChI is InChI=1S/C38H51N9O2/c1-26-4-3-15-40-31(26)32-35(42-28-22-37(23-28)13-20-49-21-14-37)44-36(33(43-32)34(39)48)41-27-5-7-29(8-6-27)46-16-9-30(10-17-46)47-18-11-38(12-19-47)24-45(2)25-38/h3-8,15,28,30H,9-14,16-25H2,1-2H3,(H2,39,48)(H2,41,42,44). The van der Waals surface area contributed by atoms with E-state index in [2.05, 4.69) is 61.6 Å². The molecule has 49 heavy (non-hydrogen) atoms. The van der Waals surface area contributed by atoms with Crippen LogP contribution in [0.25, 0.3) is 11.4 Å². The highest BCUT2D eigenvalue weighted by molar-refractivity contribution is 5.97. The fourth-order valence-corrected chi connectivity index (χ4v) is 9.35. The number of nitrogens with zero attached hydrogens (tertiary/aromatic N) is 6.